The minimum absolute atomic E-state index is 0.520. The Hall–Kier alpha value is -0.830. The highest BCUT2D eigenvalue weighted by molar-refractivity contribution is 5.15. The van der Waals surface area contributed by atoms with Crippen LogP contribution < -0.4 is 5.32 Å². The molecule has 0 aromatic carbocycles. The van der Waals surface area contributed by atoms with Crippen LogP contribution in [0.4, 0.5) is 0 Å². The summed E-state index contributed by atoms with van der Waals surface area (Å²) in [5.41, 5.74) is 2.47. The lowest BCUT2D eigenvalue weighted by atomic mass is 10.1. The first-order valence-electron chi connectivity index (χ1n) is 3.90. The van der Waals surface area contributed by atoms with Crippen molar-refractivity contribution in [2.45, 2.75) is 26.3 Å². The first-order chi connectivity index (χ1) is 5.24. The van der Waals surface area contributed by atoms with Crippen molar-refractivity contribution >= 4 is 0 Å². The largest absolute Gasteiger partial charge is 0.317 e. The van der Waals surface area contributed by atoms with Gasteiger partial charge in [-0.2, -0.15) is 5.10 Å². The van der Waals surface area contributed by atoms with Crippen molar-refractivity contribution in [1.82, 2.24) is 15.5 Å². The van der Waals surface area contributed by atoms with Crippen LogP contribution in [0.5, 0.6) is 0 Å². The standard InChI is InChI=1S/C8H15N3/c1-6(9-3)4-8-5-10-11-7(8)2/h5-6,9H,4H2,1-3H3,(H,10,11). The van der Waals surface area contributed by atoms with Crippen LogP contribution in [0.15, 0.2) is 6.20 Å². The maximum absolute atomic E-state index is 3.96. The second-order valence-corrected chi connectivity index (χ2v) is 2.91. The average molecular weight is 153 g/mol. The number of aryl methyl sites for hydroxylation is 1. The van der Waals surface area contributed by atoms with E-state index in [0.29, 0.717) is 6.04 Å². The fourth-order valence-electron chi connectivity index (χ4n) is 1.01. The van der Waals surface area contributed by atoms with Crippen LogP contribution in [0.25, 0.3) is 0 Å². The number of nitrogens with zero attached hydrogens (tertiary/aromatic N) is 1. The number of likely N-dealkylation sites (N-methyl/N-ethyl adjacent to an activating group) is 1. The van der Waals surface area contributed by atoms with Crippen LogP contribution >= 0.6 is 0 Å². The van der Waals surface area contributed by atoms with E-state index in [4.69, 9.17) is 0 Å². The third-order valence-electron chi connectivity index (χ3n) is 1.95. The van der Waals surface area contributed by atoms with Gasteiger partial charge in [0.05, 0.1) is 6.20 Å². The Labute approximate surface area is 67.2 Å². The Bertz CT molecular complexity index is 217. The summed E-state index contributed by atoms with van der Waals surface area (Å²) in [5.74, 6) is 0. The molecular weight excluding hydrogens is 138 g/mol. The molecule has 0 aliphatic heterocycles. The monoisotopic (exact) mass is 153 g/mol. The van der Waals surface area contributed by atoms with Gasteiger partial charge in [0.1, 0.15) is 0 Å². The lowest BCUT2D eigenvalue weighted by Crippen LogP contribution is -2.23. The average Bonchev–Trinajstić information content (AvgIpc) is 2.37. The van der Waals surface area contributed by atoms with E-state index < -0.39 is 0 Å². The summed E-state index contributed by atoms with van der Waals surface area (Å²) < 4.78 is 0. The molecular formula is C8H15N3. The number of hydrogen-bond acceptors (Lipinski definition) is 2. The van der Waals surface area contributed by atoms with E-state index in [1.807, 2.05) is 20.2 Å². The predicted molar refractivity (Wildman–Crippen MR) is 45.6 cm³/mol. The molecule has 1 atom stereocenters. The molecule has 1 unspecified atom stereocenters. The van der Waals surface area contributed by atoms with Crippen LogP contribution in [-0.2, 0) is 6.42 Å². The lowest BCUT2D eigenvalue weighted by Gasteiger charge is -2.07. The molecule has 0 bridgehead atoms. The summed E-state index contributed by atoms with van der Waals surface area (Å²) in [4.78, 5) is 0. The van der Waals surface area contributed by atoms with Crippen molar-refractivity contribution in [3.63, 3.8) is 0 Å². The molecule has 0 spiro atoms. The summed E-state index contributed by atoms with van der Waals surface area (Å²) in [6.45, 7) is 4.21. The summed E-state index contributed by atoms with van der Waals surface area (Å²) in [5, 5.41) is 10.1. The SMILES string of the molecule is CNC(C)Cc1cn[nH]c1C. The van der Waals surface area contributed by atoms with Crippen LogP contribution in [0, 0.1) is 6.92 Å². The van der Waals surface area contributed by atoms with Crippen molar-refractivity contribution in [2.24, 2.45) is 0 Å². The second-order valence-electron chi connectivity index (χ2n) is 2.91. The lowest BCUT2D eigenvalue weighted by molar-refractivity contribution is 0.607. The normalized spacial score (nSPS) is 13.4. The molecule has 0 saturated carbocycles. The smallest absolute Gasteiger partial charge is 0.0522 e. The third kappa shape index (κ3) is 2.05. The number of nitrogens with one attached hydrogen (secondary N) is 2. The molecule has 1 aromatic rings. The number of rotatable bonds is 3. The third-order valence-corrected chi connectivity index (χ3v) is 1.95. The van der Waals surface area contributed by atoms with Gasteiger partial charge in [0.25, 0.3) is 0 Å². The van der Waals surface area contributed by atoms with Crippen LogP contribution in [-0.4, -0.2) is 23.3 Å². The van der Waals surface area contributed by atoms with E-state index >= 15 is 0 Å². The van der Waals surface area contributed by atoms with E-state index in [2.05, 4.69) is 22.4 Å². The summed E-state index contributed by atoms with van der Waals surface area (Å²) in [6.07, 6.45) is 2.93. The Balaban J connectivity index is 2.56. The molecule has 0 fully saturated rings. The van der Waals surface area contributed by atoms with Gasteiger partial charge in [-0.3, -0.25) is 5.10 Å². The maximum atomic E-state index is 3.96. The molecule has 0 aliphatic carbocycles. The summed E-state index contributed by atoms with van der Waals surface area (Å²) in [7, 11) is 1.97. The van der Waals surface area contributed by atoms with Gasteiger partial charge in [0.2, 0.25) is 0 Å². The predicted octanol–water partition coefficient (Wildman–Crippen LogP) is 0.869. The van der Waals surface area contributed by atoms with Crippen LogP contribution in [0.1, 0.15) is 18.2 Å². The molecule has 11 heavy (non-hydrogen) atoms. The molecule has 3 heteroatoms. The van der Waals surface area contributed by atoms with Gasteiger partial charge < -0.3 is 5.32 Å². The zero-order valence-corrected chi connectivity index (χ0v) is 7.31. The van der Waals surface area contributed by atoms with Gasteiger partial charge in [0.15, 0.2) is 0 Å². The van der Waals surface area contributed by atoms with Crippen LogP contribution in [0.3, 0.4) is 0 Å². The molecule has 0 aliphatic rings. The Kier molecular flexibility index (Phi) is 2.65. The fourth-order valence-corrected chi connectivity index (χ4v) is 1.01. The van der Waals surface area contributed by atoms with Crippen molar-refractivity contribution in [2.75, 3.05) is 7.05 Å². The number of H-pyrrole nitrogens is 1. The minimum atomic E-state index is 0.520. The highest BCUT2D eigenvalue weighted by atomic mass is 15.1. The van der Waals surface area contributed by atoms with E-state index in [1.165, 1.54) is 11.3 Å². The first-order valence-corrected chi connectivity index (χ1v) is 3.90. The van der Waals surface area contributed by atoms with Gasteiger partial charge in [0, 0.05) is 11.7 Å². The van der Waals surface area contributed by atoms with Gasteiger partial charge in [-0.25, -0.2) is 0 Å². The molecule has 1 rings (SSSR count). The van der Waals surface area contributed by atoms with Gasteiger partial charge in [-0.1, -0.05) is 0 Å². The van der Waals surface area contributed by atoms with Gasteiger partial charge in [-0.15, -0.1) is 0 Å². The fraction of sp³-hybridized carbons (Fsp3) is 0.625. The topological polar surface area (TPSA) is 40.7 Å². The quantitative estimate of drug-likeness (QED) is 0.676. The first kappa shape index (κ1) is 8.27. The number of aromatic nitrogens is 2. The van der Waals surface area contributed by atoms with E-state index in [0.717, 1.165) is 6.42 Å². The van der Waals surface area contributed by atoms with Crippen LogP contribution in [0.2, 0.25) is 0 Å². The molecule has 2 N–H and O–H groups in total. The highest BCUT2D eigenvalue weighted by Gasteiger charge is 2.03. The van der Waals surface area contributed by atoms with Crippen molar-refractivity contribution in [3.8, 4) is 0 Å². The van der Waals surface area contributed by atoms with Gasteiger partial charge in [-0.05, 0) is 32.9 Å². The summed E-state index contributed by atoms with van der Waals surface area (Å²) >= 11 is 0. The maximum Gasteiger partial charge on any atom is 0.0522 e. The van der Waals surface area contributed by atoms with Crippen molar-refractivity contribution < 1.29 is 0 Å². The number of aromatic amines is 1. The van der Waals surface area contributed by atoms with E-state index in [-0.39, 0.29) is 0 Å². The summed E-state index contributed by atoms with van der Waals surface area (Å²) in [6, 6.07) is 0.520. The molecule has 3 nitrogen and oxygen atoms in total. The molecule has 62 valence electrons. The molecule has 1 heterocycles. The van der Waals surface area contributed by atoms with Crippen molar-refractivity contribution in [1.29, 1.82) is 0 Å². The Morgan fingerprint density at radius 2 is 2.45 bits per heavy atom. The molecule has 0 amide bonds. The highest BCUT2D eigenvalue weighted by Crippen LogP contribution is 2.05. The molecule has 1 aromatic heterocycles. The van der Waals surface area contributed by atoms with Crippen molar-refractivity contribution in [3.05, 3.63) is 17.5 Å². The van der Waals surface area contributed by atoms with E-state index in [1.54, 1.807) is 0 Å². The minimum Gasteiger partial charge on any atom is -0.317 e. The Morgan fingerprint density at radius 3 is 2.91 bits per heavy atom. The zero-order valence-electron chi connectivity index (χ0n) is 7.31. The number of hydrogen-bond donors (Lipinski definition) is 2. The van der Waals surface area contributed by atoms with E-state index in [9.17, 15) is 0 Å². The zero-order chi connectivity index (χ0) is 8.27. The Morgan fingerprint density at radius 1 is 1.73 bits per heavy atom. The molecule has 0 radical (unpaired) electrons. The van der Waals surface area contributed by atoms with Gasteiger partial charge >= 0.3 is 0 Å². The molecule has 0 saturated heterocycles. The second kappa shape index (κ2) is 3.53.